The zero-order valence-corrected chi connectivity index (χ0v) is 13.0. The van der Waals surface area contributed by atoms with Gasteiger partial charge < -0.3 is 19.3 Å². The molecule has 4 nitrogen and oxygen atoms in total. The molecule has 2 rings (SSSR count). The number of aromatic hydroxyl groups is 1. The van der Waals surface area contributed by atoms with Crippen LogP contribution in [0.4, 0.5) is 0 Å². The van der Waals surface area contributed by atoms with E-state index in [4.69, 9.17) is 14.2 Å². The second-order valence-electron chi connectivity index (χ2n) is 4.67. The van der Waals surface area contributed by atoms with Gasteiger partial charge in [0.25, 0.3) is 0 Å². The summed E-state index contributed by atoms with van der Waals surface area (Å²) in [5, 5.41) is 10.4. The highest BCUT2D eigenvalue weighted by Crippen LogP contribution is 2.44. The van der Waals surface area contributed by atoms with Crippen LogP contribution in [0.25, 0.3) is 6.08 Å². The Morgan fingerprint density at radius 3 is 2.23 bits per heavy atom. The summed E-state index contributed by atoms with van der Waals surface area (Å²) in [6, 6.07) is 11.8. The number of hydrogen-bond donors (Lipinski definition) is 1. The minimum atomic E-state index is 0.00279. The maximum absolute atomic E-state index is 10.4. The standard InChI is InChI=1S/C18H20O4/c1-20-15-12-16(21-2)18(22-3)17(19)14(15)11-7-10-13-8-5-4-6-9-13/h4-9,11-12,19H,10H2,1-3H3. The molecule has 2 aromatic carbocycles. The SMILES string of the molecule is COc1cc(OC)c(OC)c(O)c1C=CCc1ccccc1. The van der Waals surface area contributed by atoms with Crippen molar-refractivity contribution >= 4 is 6.08 Å². The van der Waals surface area contributed by atoms with E-state index in [2.05, 4.69) is 12.1 Å². The third kappa shape index (κ3) is 3.34. The molecule has 0 saturated heterocycles. The molecular weight excluding hydrogens is 280 g/mol. The Morgan fingerprint density at radius 1 is 0.955 bits per heavy atom. The van der Waals surface area contributed by atoms with Gasteiger partial charge in [0.15, 0.2) is 11.5 Å². The molecule has 0 radical (unpaired) electrons. The van der Waals surface area contributed by atoms with Gasteiger partial charge in [0.2, 0.25) is 5.75 Å². The van der Waals surface area contributed by atoms with Crippen molar-refractivity contribution in [1.82, 2.24) is 0 Å². The fraction of sp³-hybridized carbons (Fsp3) is 0.222. The number of benzene rings is 2. The van der Waals surface area contributed by atoms with Gasteiger partial charge in [-0.3, -0.25) is 0 Å². The predicted octanol–water partition coefficient (Wildman–Crippen LogP) is 3.67. The number of hydrogen-bond acceptors (Lipinski definition) is 4. The molecule has 116 valence electrons. The number of rotatable bonds is 6. The van der Waals surface area contributed by atoms with E-state index in [0.717, 1.165) is 6.42 Å². The van der Waals surface area contributed by atoms with Crippen LogP contribution < -0.4 is 14.2 Å². The first-order valence-corrected chi connectivity index (χ1v) is 6.93. The van der Waals surface area contributed by atoms with Crippen molar-refractivity contribution in [2.24, 2.45) is 0 Å². The van der Waals surface area contributed by atoms with Crippen molar-refractivity contribution < 1.29 is 19.3 Å². The van der Waals surface area contributed by atoms with Gasteiger partial charge in [-0.05, 0) is 12.0 Å². The van der Waals surface area contributed by atoms with Crippen LogP contribution in [0.15, 0.2) is 42.5 Å². The highest BCUT2D eigenvalue weighted by molar-refractivity contribution is 5.72. The lowest BCUT2D eigenvalue weighted by Gasteiger charge is -2.14. The van der Waals surface area contributed by atoms with Crippen molar-refractivity contribution in [1.29, 1.82) is 0 Å². The van der Waals surface area contributed by atoms with Crippen LogP contribution in [-0.2, 0) is 6.42 Å². The fourth-order valence-electron chi connectivity index (χ4n) is 2.22. The summed E-state index contributed by atoms with van der Waals surface area (Å²) in [4.78, 5) is 0. The van der Waals surface area contributed by atoms with Crippen LogP contribution in [-0.4, -0.2) is 26.4 Å². The molecule has 0 aromatic heterocycles. The molecule has 0 aliphatic rings. The zero-order valence-electron chi connectivity index (χ0n) is 13.0. The van der Waals surface area contributed by atoms with Gasteiger partial charge >= 0.3 is 0 Å². The lowest BCUT2D eigenvalue weighted by atomic mass is 10.1. The molecule has 1 N–H and O–H groups in total. The first kappa shape index (κ1) is 15.8. The maximum atomic E-state index is 10.4. The number of phenols is 1. The Balaban J connectivity index is 2.33. The Labute approximate surface area is 130 Å². The molecule has 0 amide bonds. The first-order valence-electron chi connectivity index (χ1n) is 6.93. The molecule has 0 fully saturated rings. The van der Waals surface area contributed by atoms with Gasteiger partial charge in [-0.2, -0.15) is 0 Å². The van der Waals surface area contributed by atoms with Crippen molar-refractivity contribution in [2.75, 3.05) is 21.3 Å². The van der Waals surface area contributed by atoms with Crippen molar-refractivity contribution in [3.8, 4) is 23.0 Å². The van der Waals surface area contributed by atoms with Gasteiger partial charge in [-0.25, -0.2) is 0 Å². The van der Waals surface area contributed by atoms with E-state index in [9.17, 15) is 5.11 Å². The Bertz CT molecular complexity index is 648. The topological polar surface area (TPSA) is 47.9 Å². The molecule has 0 bridgehead atoms. The lowest BCUT2D eigenvalue weighted by molar-refractivity contribution is 0.326. The molecule has 4 heteroatoms. The summed E-state index contributed by atoms with van der Waals surface area (Å²) in [6.07, 6.45) is 4.56. The summed E-state index contributed by atoms with van der Waals surface area (Å²) in [7, 11) is 4.55. The zero-order chi connectivity index (χ0) is 15.9. The second-order valence-corrected chi connectivity index (χ2v) is 4.67. The van der Waals surface area contributed by atoms with E-state index in [0.29, 0.717) is 22.8 Å². The van der Waals surface area contributed by atoms with Gasteiger partial charge in [0.05, 0.1) is 26.9 Å². The van der Waals surface area contributed by atoms with Crippen LogP contribution >= 0.6 is 0 Å². The molecule has 0 aliphatic heterocycles. The third-order valence-electron chi connectivity index (χ3n) is 3.35. The molecule has 2 aromatic rings. The van der Waals surface area contributed by atoms with E-state index in [1.807, 2.05) is 30.4 Å². The molecule has 0 unspecified atom stereocenters. The normalized spacial score (nSPS) is 10.7. The first-order chi connectivity index (χ1) is 10.7. The minimum absolute atomic E-state index is 0.00279. The smallest absolute Gasteiger partial charge is 0.203 e. The fourth-order valence-corrected chi connectivity index (χ4v) is 2.22. The van der Waals surface area contributed by atoms with Gasteiger partial charge in [-0.15, -0.1) is 0 Å². The molecule has 0 atom stereocenters. The number of phenolic OH excluding ortho intramolecular Hbond substituents is 1. The summed E-state index contributed by atoms with van der Waals surface area (Å²) >= 11 is 0. The average Bonchev–Trinajstić information content (AvgIpc) is 2.56. The van der Waals surface area contributed by atoms with Crippen LogP contribution in [0.3, 0.4) is 0 Å². The van der Waals surface area contributed by atoms with Crippen LogP contribution in [0.1, 0.15) is 11.1 Å². The van der Waals surface area contributed by atoms with Crippen molar-refractivity contribution in [3.63, 3.8) is 0 Å². The highest BCUT2D eigenvalue weighted by Gasteiger charge is 2.18. The van der Waals surface area contributed by atoms with E-state index < -0.39 is 0 Å². The largest absolute Gasteiger partial charge is 0.504 e. The molecular formula is C18H20O4. The second kappa shape index (κ2) is 7.41. The summed E-state index contributed by atoms with van der Waals surface area (Å²) < 4.78 is 15.7. The average molecular weight is 300 g/mol. The Hall–Kier alpha value is -2.62. The number of methoxy groups -OCH3 is 3. The van der Waals surface area contributed by atoms with E-state index in [1.54, 1.807) is 13.2 Å². The van der Waals surface area contributed by atoms with E-state index >= 15 is 0 Å². The quantitative estimate of drug-likeness (QED) is 0.884. The van der Waals surface area contributed by atoms with Crippen molar-refractivity contribution in [2.45, 2.75) is 6.42 Å². The van der Waals surface area contributed by atoms with E-state index in [1.165, 1.54) is 19.8 Å². The molecule has 0 aliphatic carbocycles. The van der Waals surface area contributed by atoms with Gasteiger partial charge in [-0.1, -0.05) is 42.5 Å². The maximum Gasteiger partial charge on any atom is 0.203 e. The summed E-state index contributed by atoms with van der Waals surface area (Å²) in [5.41, 5.74) is 1.76. The van der Waals surface area contributed by atoms with Crippen LogP contribution in [0.5, 0.6) is 23.0 Å². The minimum Gasteiger partial charge on any atom is -0.504 e. The Kier molecular flexibility index (Phi) is 5.31. The summed E-state index contributed by atoms with van der Waals surface area (Å²) in [6.45, 7) is 0. The lowest BCUT2D eigenvalue weighted by Crippen LogP contribution is -1.95. The summed E-state index contributed by atoms with van der Waals surface area (Å²) in [5.74, 6) is 1.25. The van der Waals surface area contributed by atoms with Crippen LogP contribution in [0, 0.1) is 0 Å². The predicted molar refractivity (Wildman–Crippen MR) is 86.9 cm³/mol. The van der Waals surface area contributed by atoms with Crippen LogP contribution in [0.2, 0.25) is 0 Å². The molecule has 0 spiro atoms. The monoisotopic (exact) mass is 300 g/mol. The van der Waals surface area contributed by atoms with Crippen molar-refractivity contribution in [3.05, 3.63) is 53.6 Å². The highest BCUT2D eigenvalue weighted by atomic mass is 16.5. The van der Waals surface area contributed by atoms with Gasteiger partial charge in [0, 0.05) is 6.07 Å². The molecule has 0 saturated carbocycles. The number of allylic oxidation sites excluding steroid dienone is 1. The number of ether oxygens (including phenoxy) is 3. The molecule has 22 heavy (non-hydrogen) atoms. The Morgan fingerprint density at radius 2 is 1.64 bits per heavy atom. The van der Waals surface area contributed by atoms with E-state index in [-0.39, 0.29) is 5.75 Å². The van der Waals surface area contributed by atoms with Gasteiger partial charge in [0.1, 0.15) is 5.75 Å². The molecule has 0 heterocycles. The third-order valence-corrected chi connectivity index (χ3v) is 3.35.